The van der Waals surface area contributed by atoms with Crippen molar-refractivity contribution in [1.29, 1.82) is 0 Å². The van der Waals surface area contributed by atoms with Gasteiger partial charge in [0.15, 0.2) is 0 Å². The molecule has 0 unspecified atom stereocenters. The molecule has 3 heterocycles. The molecule has 0 amide bonds. The van der Waals surface area contributed by atoms with E-state index in [0.29, 0.717) is 28.1 Å². The van der Waals surface area contributed by atoms with E-state index in [1.165, 1.54) is 21.8 Å². The van der Waals surface area contributed by atoms with Crippen molar-refractivity contribution in [3.8, 4) is 17.1 Å². The van der Waals surface area contributed by atoms with E-state index in [2.05, 4.69) is 30.7 Å². The largest absolute Gasteiger partial charge is 0.383 e. The normalized spacial score (nSPS) is 12.2. The Balaban J connectivity index is 1.65. The minimum Gasteiger partial charge on any atom is -0.383 e. The van der Waals surface area contributed by atoms with E-state index in [9.17, 15) is 9.18 Å². The summed E-state index contributed by atoms with van der Waals surface area (Å²) in [5, 5.41) is 16.5. The number of nitrogens with two attached hydrogens (primary N) is 1. The first-order valence-electron chi connectivity index (χ1n) is 11.4. The summed E-state index contributed by atoms with van der Waals surface area (Å²) in [7, 11) is 0. The Bertz CT molecular complexity index is 1610. The van der Waals surface area contributed by atoms with Crippen molar-refractivity contribution in [2.75, 3.05) is 11.1 Å². The number of rotatable bonds is 6. The molecule has 2 aromatic carbocycles. The van der Waals surface area contributed by atoms with Gasteiger partial charge in [-0.05, 0) is 55.6 Å². The number of aromatic nitrogens is 7. The van der Waals surface area contributed by atoms with Crippen LogP contribution in [-0.4, -0.2) is 34.7 Å². The summed E-state index contributed by atoms with van der Waals surface area (Å²) in [6.07, 6.45) is 1.33. The number of nitrogens with zero attached hydrogens (tertiary/aromatic N) is 7. The summed E-state index contributed by atoms with van der Waals surface area (Å²) in [6.45, 7) is 5.74. The van der Waals surface area contributed by atoms with Gasteiger partial charge in [0.2, 0.25) is 5.82 Å². The third-order valence-electron chi connectivity index (χ3n) is 5.83. The molecule has 36 heavy (non-hydrogen) atoms. The van der Waals surface area contributed by atoms with Gasteiger partial charge >= 0.3 is 0 Å². The second-order valence-electron chi connectivity index (χ2n) is 8.63. The summed E-state index contributed by atoms with van der Waals surface area (Å²) in [5.41, 5.74) is 7.34. The lowest BCUT2D eigenvalue weighted by Crippen LogP contribution is -2.26. The fourth-order valence-electron chi connectivity index (χ4n) is 4.05. The van der Waals surface area contributed by atoms with Gasteiger partial charge in [-0.25, -0.2) is 14.4 Å². The number of anilines is 2. The van der Waals surface area contributed by atoms with Gasteiger partial charge in [-0.3, -0.25) is 9.36 Å². The molecule has 0 fully saturated rings. The lowest BCUT2D eigenvalue weighted by Gasteiger charge is -2.22. The first-order chi connectivity index (χ1) is 17.3. The minimum atomic E-state index is -0.570. The molecule has 182 valence electrons. The molecule has 3 N–H and O–H groups in total. The highest BCUT2D eigenvalue weighted by Crippen LogP contribution is 2.31. The average Bonchev–Trinajstić information content (AvgIpc) is 3.34. The fourth-order valence-corrected chi connectivity index (χ4v) is 4.05. The Labute approximate surface area is 205 Å². The van der Waals surface area contributed by atoms with Crippen molar-refractivity contribution in [1.82, 2.24) is 34.7 Å². The molecule has 3 aromatic heterocycles. The molecule has 0 bridgehead atoms. The molecule has 11 heteroatoms. The molecule has 5 aromatic rings. The lowest BCUT2D eigenvalue weighted by atomic mass is 10.1. The van der Waals surface area contributed by atoms with Crippen LogP contribution in [0.4, 0.5) is 16.0 Å². The third kappa shape index (κ3) is 4.04. The standard InChI is InChI=1S/C25H24FN9O/c1-14(2)35-32-24(31-33-35)21-22(27)28-13-29-23(21)30-15(3)19-12-16-8-7-11-18(26)20(16)25(36)34(19)17-9-5-4-6-10-17/h4-15H,1-3H3,(H3,27,28,29,30)/t15-/m0/s1. The van der Waals surface area contributed by atoms with Gasteiger partial charge in [0.25, 0.3) is 5.56 Å². The number of pyridine rings is 1. The van der Waals surface area contributed by atoms with E-state index < -0.39 is 17.4 Å². The molecule has 0 saturated carbocycles. The van der Waals surface area contributed by atoms with Crippen LogP contribution in [0.15, 0.2) is 65.7 Å². The molecule has 0 radical (unpaired) electrons. The minimum absolute atomic E-state index is 0.00531. The predicted molar refractivity (Wildman–Crippen MR) is 135 cm³/mol. The van der Waals surface area contributed by atoms with Gasteiger partial charge in [-0.2, -0.15) is 4.80 Å². The summed E-state index contributed by atoms with van der Waals surface area (Å²) in [6, 6.07) is 15.0. The number of hydrogen-bond acceptors (Lipinski definition) is 8. The molecule has 5 rings (SSSR count). The topological polar surface area (TPSA) is 129 Å². The summed E-state index contributed by atoms with van der Waals surface area (Å²) >= 11 is 0. The molecule has 0 aliphatic carbocycles. The summed E-state index contributed by atoms with van der Waals surface area (Å²) in [5.74, 6) is 0.269. The van der Waals surface area contributed by atoms with E-state index in [1.54, 1.807) is 30.3 Å². The average molecular weight is 486 g/mol. The van der Waals surface area contributed by atoms with Gasteiger partial charge in [-0.1, -0.05) is 30.3 Å². The Morgan fingerprint density at radius 3 is 2.53 bits per heavy atom. The number of fused-ring (bicyclic) bond motifs is 1. The zero-order valence-corrected chi connectivity index (χ0v) is 19.9. The molecule has 0 saturated heterocycles. The van der Waals surface area contributed by atoms with Crippen molar-refractivity contribution in [2.24, 2.45) is 0 Å². The Morgan fingerprint density at radius 1 is 1.03 bits per heavy atom. The van der Waals surface area contributed by atoms with E-state index in [4.69, 9.17) is 5.73 Å². The van der Waals surface area contributed by atoms with Gasteiger partial charge in [0.05, 0.1) is 17.5 Å². The fraction of sp³-hybridized carbons (Fsp3) is 0.200. The highest BCUT2D eigenvalue weighted by atomic mass is 19.1. The highest BCUT2D eigenvalue weighted by molar-refractivity contribution is 5.83. The molecular formula is C25H24FN9O. The zero-order valence-electron chi connectivity index (χ0n) is 19.9. The van der Waals surface area contributed by atoms with Crippen molar-refractivity contribution in [3.63, 3.8) is 0 Å². The smallest absolute Gasteiger partial charge is 0.266 e. The van der Waals surface area contributed by atoms with Crippen LogP contribution in [0.1, 0.15) is 38.5 Å². The van der Waals surface area contributed by atoms with Crippen LogP contribution in [0.5, 0.6) is 0 Å². The number of nitrogens with one attached hydrogen (secondary N) is 1. The van der Waals surface area contributed by atoms with Gasteiger partial charge in [-0.15, -0.1) is 10.2 Å². The Morgan fingerprint density at radius 2 is 1.81 bits per heavy atom. The van der Waals surface area contributed by atoms with Crippen molar-refractivity contribution >= 4 is 22.4 Å². The van der Waals surface area contributed by atoms with Crippen molar-refractivity contribution in [2.45, 2.75) is 32.9 Å². The maximum atomic E-state index is 14.7. The first kappa shape index (κ1) is 23.1. The summed E-state index contributed by atoms with van der Waals surface area (Å²) in [4.78, 5) is 23.5. The maximum Gasteiger partial charge on any atom is 0.266 e. The van der Waals surface area contributed by atoms with Crippen LogP contribution in [0.2, 0.25) is 0 Å². The Kier molecular flexibility index (Phi) is 5.88. The van der Waals surface area contributed by atoms with Crippen LogP contribution in [0.3, 0.4) is 0 Å². The Hall–Kier alpha value is -4.67. The summed E-state index contributed by atoms with van der Waals surface area (Å²) < 4.78 is 16.2. The third-order valence-corrected chi connectivity index (χ3v) is 5.83. The van der Waals surface area contributed by atoms with Crippen LogP contribution >= 0.6 is 0 Å². The van der Waals surface area contributed by atoms with Crippen molar-refractivity contribution in [3.05, 3.63) is 82.8 Å². The maximum absolute atomic E-state index is 14.7. The van der Waals surface area contributed by atoms with E-state index in [0.717, 1.165) is 0 Å². The monoisotopic (exact) mass is 485 g/mol. The van der Waals surface area contributed by atoms with Crippen molar-refractivity contribution < 1.29 is 4.39 Å². The quantitative estimate of drug-likeness (QED) is 0.370. The van der Waals surface area contributed by atoms with E-state index in [-0.39, 0.29) is 23.1 Å². The van der Waals surface area contributed by atoms with Crippen LogP contribution in [0, 0.1) is 5.82 Å². The molecular weight excluding hydrogens is 461 g/mol. The molecule has 0 spiro atoms. The zero-order chi connectivity index (χ0) is 25.4. The second kappa shape index (κ2) is 9.17. The number of halogens is 1. The van der Waals surface area contributed by atoms with Gasteiger partial charge < -0.3 is 11.1 Å². The first-order valence-corrected chi connectivity index (χ1v) is 11.4. The molecule has 0 aliphatic heterocycles. The number of para-hydroxylation sites is 1. The number of nitrogen functional groups attached to an aromatic ring is 1. The lowest BCUT2D eigenvalue weighted by molar-refractivity contribution is 0.455. The SMILES string of the molecule is CC(C)n1nnc(-c2c(N)ncnc2N[C@@H](C)c2cc3cccc(F)c3c(=O)n2-c2ccccc2)n1. The predicted octanol–water partition coefficient (Wildman–Crippen LogP) is 3.91. The number of benzene rings is 2. The van der Waals surface area contributed by atoms with E-state index in [1.807, 2.05) is 39.0 Å². The highest BCUT2D eigenvalue weighted by Gasteiger charge is 2.22. The van der Waals surface area contributed by atoms with Gasteiger partial charge in [0, 0.05) is 11.4 Å². The molecule has 0 aliphatic rings. The molecule has 10 nitrogen and oxygen atoms in total. The number of tetrazole rings is 1. The van der Waals surface area contributed by atoms with Crippen LogP contribution < -0.4 is 16.6 Å². The van der Waals surface area contributed by atoms with E-state index >= 15 is 0 Å². The molecule has 1 atom stereocenters. The second-order valence-corrected chi connectivity index (χ2v) is 8.63. The van der Waals surface area contributed by atoms with Crippen LogP contribution in [-0.2, 0) is 0 Å². The van der Waals surface area contributed by atoms with Crippen LogP contribution in [0.25, 0.3) is 27.8 Å². The number of hydrogen-bond donors (Lipinski definition) is 2. The van der Waals surface area contributed by atoms with Gasteiger partial charge in [0.1, 0.15) is 29.3 Å².